The Kier molecular flexibility index (Phi) is 6.03. The van der Waals surface area contributed by atoms with Crippen molar-refractivity contribution in [2.24, 2.45) is 0 Å². The number of hydrogen-bond donors (Lipinski definition) is 2. The van der Waals surface area contributed by atoms with Crippen LogP contribution in [0.5, 0.6) is 5.88 Å². The Morgan fingerprint density at radius 1 is 1.24 bits per heavy atom. The van der Waals surface area contributed by atoms with E-state index < -0.39 is 10.7 Å². The summed E-state index contributed by atoms with van der Waals surface area (Å²) >= 11 is 5.96. The van der Waals surface area contributed by atoms with Crippen LogP contribution in [0.2, 0.25) is 5.02 Å². The van der Waals surface area contributed by atoms with E-state index in [0.29, 0.717) is 22.2 Å². The molecular formula is C18H16ClFN6O3. The minimum absolute atomic E-state index is 0.0263. The lowest BCUT2D eigenvalue weighted by atomic mass is 10.2. The molecule has 0 aliphatic heterocycles. The van der Waals surface area contributed by atoms with Crippen LogP contribution in [0.25, 0.3) is 0 Å². The second kappa shape index (κ2) is 8.65. The van der Waals surface area contributed by atoms with Crippen LogP contribution in [0.1, 0.15) is 18.7 Å². The number of nitro groups is 1. The first-order valence-electron chi connectivity index (χ1n) is 8.37. The van der Waals surface area contributed by atoms with Gasteiger partial charge in [0.15, 0.2) is 0 Å². The van der Waals surface area contributed by atoms with Crippen molar-refractivity contribution in [3.05, 3.63) is 69.4 Å². The van der Waals surface area contributed by atoms with E-state index in [1.54, 1.807) is 13.0 Å². The van der Waals surface area contributed by atoms with E-state index in [1.807, 2.05) is 0 Å². The molecular weight excluding hydrogens is 403 g/mol. The number of methoxy groups -OCH3 is 1. The summed E-state index contributed by atoms with van der Waals surface area (Å²) in [7, 11) is 1.42. The lowest BCUT2D eigenvalue weighted by Gasteiger charge is -2.15. The predicted molar refractivity (Wildman–Crippen MR) is 106 cm³/mol. The van der Waals surface area contributed by atoms with Crippen molar-refractivity contribution in [2.45, 2.75) is 13.0 Å². The van der Waals surface area contributed by atoms with Crippen molar-refractivity contribution in [2.75, 3.05) is 17.7 Å². The van der Waals surface area contributed by atoms with Crippen LogP contribution in [-0.4, -0.2) is 27.0 Å². The molecule has 11 heteroatoms. The van der Waals surface area contributed by atoms with Gasteiger partial charge in [0.25, 0.3) is 0 Å². The Bertz CT molecular complexity index is 1030. The molecule has 9 nitrogen and oxygen atoms in total. The fraction of sp³-hybridized carbons (Fsp3) is 0.167. The summed E-state index contributed by atoms with van der Waals surface area (Å²) in [5.74, 6) is 0.0880. The van der Waals surface area contributed by atoms with Gasteiger partial charge in [0.2, 0.25) is 11.7 Å². The maximum atomic E-state index is 13.1. The minimum atomic E-state index is -0.561. The molecule has 0 aromatic carbocycles. The molecule has 29 heavy (non-hydrogen) atoms. The normalized spacial score (nSPS) is 11.6. The largest absolute Gasteiger partial charge is 0.480 e. The highest BCUT2D eigenvalue weighted by Gasteiger charge is 2.19. The van der Waals surface area contributed by atoms with Crippen LogP contribution in [0.3, 0.4) is 0 Å². The molecule has 0 amide bonds. The second-order valence-corrected chi connectivity index (χ2v) is 6.36. The number of hydrogen-bond acceptors (Lipinski definition) is 8. The van der Waals surface area contributed by atoms with E-state index >= 15 is 0 Å². The van der Waals surface area contributed by atoms with E-state index in [1.165, 1.54) is 37.6 Å². The lowest BCUT2D eigenvalue weighted by Crippen LogP contribution is -2.11. The molecule has 0 saturated heterocycles. The monoisotopic (exact) mass is 418 g/mol. The minimum Gasteiger partial charge on any atom is -0.480 e. The van der Waals surface area contributed by atoms with Crippen molar-refractivity contribution >= 4 is 34.6 Å². The third-order valence-electron chi connectivity index (χ3n) is 3.89. The average Bonchev–Trinajstić information content (AvgIpc) is 2.68. The zero-order valence-corrected chi connectivity index (χ0v) is 16.1. The van der Waals surface area contributed by atoms with E-state index in [9.17, 15) is 14.5 Å². The van der Waals surface area contributed by atoms with Gasteiger partial charge in [0.1, 0.15) is 17.3 Å². The van der Waals surface area contributed by atoms with Crippen LogP contribution in [0.15, 0.2) is 42.7 Å². The molecule has 3 aromatic heterocycles. The molecule has 0 bridgehead atoms. The standard InChI is InChI=1S/C18H16ClFN6O3/c1-10(13-4-3-12(20)9-21-13)23-16-6-5-15(26(27)28)17(25-16)24-14-7-11(19)8-22-18(14)29-2/h3-10H,1-2H3,(H2,23,24,25)/t10-/m0/s1. The lowest BCUT2D eigenvalue weighted by molar-refractivity contribution is -0.384. The van der Waals surface area contributed by atoms with Crippen LogP contribution in [0, 0.1) is 15.9 Å². The molecule has 0 radical (unpaired) electrons. The summed E-state index contributed by atoms with van der Waals surface area (Å²) in [5, 5.41) is 17.7. The molecule has 3 aromatic rings. The highest BCUT2D eigenvalue weighted by atomic mass is 35.5. The van der Waals surface area contributed by atoms with Crippen LogP contribution in [-0.2, 0) is 0 Å². The number of nitrogens with one attached hydrogen (secondary N) is 2. The Morgan fingerprint density at radius 3 is 2.69 bits per heavy atom. The van der Waals surface area contributed by atoms with Crippen molar-refractivity contribution in [1.82, 2.24) is 15.0 Å². The van der Waals surface area contributed by atoms with Crippen LogP contribution < -0.4 is 15.4 Å². The molecule has 3 heterocycles. The average molecular weight is 419 g/mol. The molecule has 0 unspecified atom stereocenters. The topological polar surface area (TPSA) is 115 Å². The maximum Gasteiger partial charge on any atom is 0.311 e. The zero-order chi connectivity index (χ0) is 21.0. The smallest absolute Gasteiger partial charge is 0.311 e. The highest BCUT2D eigenvalue weighted by molar-refractivity contribution is 6.30. The highest BCUT2D eigenvalue weighted by Crippen LogP contribution is 2.32. The molecule has 0 spiro atoms. The van der Waals surface area contributed by atoms with Gasteiger partial charge in [-0.25, -0.2) is 14.4 Å². The fourth-order valence-corrected chi connectivity index (χ4v) is 2.68. The SMILES string of the molecule is COc1ncc(Cl)cc1Nc1nc(N[C@@H](C)c2ccc(F)cn2)ccc1[N+](=O)[O-]. The van der Waals surface area contributed by atoms with Crippen molar-refractivity contribution in [3.63, 3.8) is 0 Å². The first-order chi connectivity index (χ1) is 13.9. The van der Waals surface area contributed by atoms with Gasteiger partial charge in [0.05, 0.1) is 35.0 Å². The fourth-order valence-electron chi connectivity index (χ4n) is 2.52. The molecule has 0 aliphatic carbocycles. The Labute approximate surface area is 170 Å². The first kappa shape index (κ1) is 20.2. The summed E-state index contributed by atoms with van der Waals surface area (Å²) in [6.45, 7) is 1.81. The van der Waals surface area contributed by atoms with Crippen molar-refractivity contribution in [1.29, 1.82) is 0 Å². The van der Waals surface area contributed by atoms with Crippen molar-refractivity contribution < 1.29 is 14.1 Å². The van der Waals surface area contributed by atoms with Gasteiger partial charge in [-0.3, -0.25) is 15.1 Å². The van der Waals surface area contributed by atoms with E-state index in [-0.39, 0.29) is 23.4 Å². The summed E-state index contributed by atoms with van der Waals surface area (Å²) in [5.41, 5.74) is 0.660. The van der Waals surface area contributed by atoms with Gasteiger partial charge in [-0.2, -0.15) is 0 Å². The summed E-state index contributed by atoms with van der Waals surface area (Å²) in [6, 6.07) is 6.82. The molecule has 3 rings (SSSR count). The number of halogens is 2. The van der Waals surface area contributed by atoms with Gasteiger partial charge in [0, 0.05) is 12.3 Å². The number of rotatable bonds is 7. The number of aromatic nitrogens is 3. The number of nitrogens with zero attached hydrogens (tertiary/aromatic N) is 4. The summed E-state index contributed by atoms with van der Waals surface area (Å²) < 4.78 is 18.2. The quantitative estimate of drug-likeness (QED) is 0.425. The summed E-state index contributed by atoms with van der Waals surface area (Å²) in [4.78, 5) is 23.2. The van der Waals surface area contributed by atoms with E-state index in [4.69, 9.17) is 16.3 Å². The molecule has 0 aliphatic rings. The van der Waals surface area contributed by atoms with Gasteiger partial charge in [-0.1, -0.05) is 11.6 Å². The summed E-state index contributed by atoms with van der Waals surface area (Å²) in [6.07, 6.45) is 2.50. The third kappa shape index (κ3) is 4.85. The third-order valence-corrected chi connectivity index (χ3v) is 4.10. The second-order valence-electron chi connectivity index (χ2n) is 5.92. The van der Waals surface area contributed by atoms with Gasteiger partial charge >= 0.3 is 5.69 Å². The first-order valence-corrected chi connectivity index (χ1v) is 8.75. The molecule has 1 atom stereocenters. The Balaban J connectivity index is 1.91. The van der Waals surface area contributed by atoms with E-state index in [2.05, 4.69) is 25.6 Å². The van der Waals surface area contributed by atoms with E-state index in [0.717, 1.165) is 6.20 Å². The van der Waals surface area contributed by atoms with Gasteiger partial charge in [-0.15, -0.1) is 0 Å². The van der Waals surface area contributed by atoms with Gasteiger partial charge in [-0.05, 0) is 31.2 Å². The van der Waals surface area contributed by atoms with Crippen molar-refractivity contribution in [3.8, 4) is 5.88 Å². The number of ether oxygens (including phenoxy) is 1. The molecule has 0 fully saturated rings. The molecule has 0 saturated carbocycles. The van der Waals surface area contributed by atoms with Crippen LogP contribution >= 0.6 is 11.6 Å². The Morgan fingerprint density at radius 2 is 2.03 bits per heavy atom. The number of pyridine rings is 3. The van der Waals surface area contributed by atoms with Crippen LogP contribution in [0.4, 0.5) is 27.4 Å². The number of anilines is 3. The molecule has 150 valence electrons. The Hall–Kier alpha value is -3.53. The zero-order valence-electron chi connectivity index (χ0n) is 15.4. The van der Waals surface area contributed by atoms with Gasteiger partial charge < -0.3 is 15.4 Å². The maximum absolute atomic E-state index is 13.1. The molecule has 2 N–H and O–H groups in total. The predicted octanol–water partition coefficient (Wildman–Crippen LogP) is 4.50.